The lowest BCUT2D eigenvalue weighted by Gasteiger charge is -2.33. The normalized spacial score (nSPS) is 13.6. The fraction of sp³-hybridized carbons (Fsp3) is 0.571. The average Bonchev–Trinajstić information content (AvgIpc) is 2.42. The maximum Gasteiger partial charge on any atom is 0.192 e. The Kier molecular flexibility index (Phi) is 7.80. The molecule has 0 bridgehead atoms. The molecule has 1 rings (SSSR count). The van der Waals surface area contributed by atoms with Gasteiger partial charge in [-0.2, -0.15) is 0 Å². The third-order valence-corrected chi connectivity index (χ3v) is 9.80. The Balaban J connectivity index is 3.14. The van der Waals surface area contributed by atoms with Gasteiger partial charge < -0.3 is 10.2 Å². The van der Waals surface area contributed by atoms with Crippen LogP contribution in [0.4, 0.5) is 0 Å². The van der Waals surface area contributed by atoms with Gasteiger partial charge in [-0.15, -0.1) is 0 Å². The van der Waals surface area contributed by atoms with Gasteiger partial charge in [-0.05, 0) is 52.9 Å². The van der Waals surface area contributed by atoms with Crippen molar-refractivity contribution in [2.45, 2.75) is 45.0 Å². The smallest absolute Gasteiger partial charge is 0.192 e. The summed E-state index contributed by atoms with van der Waals surface area (Å²) >= 11 is 14.9. The first-order chi connectivity index (χ1) is 9.42. The summed E-state index contributed by atoms with van der Waals surface area (Å²) in [4.78, 5) is 0. The molecule has 0 fully saturated rings. The van der Waals surface area contributed by atoms with Crippen LogP contribution >= 0.6 is 45.8 Å². The number of halogens is 3. The van der Waals surface area contributed by atoms with E-state index in [1.54, 1.807) is 0 Å². The number of benzene rings is 1. The maximum absolute atomic E-state index is 6.47. The van der Waals surface area contributed by atoms with Gasteiger partial charge in [0.1, 0.15) is 0 Å². The van der Waals surface area contributed by atoms with Crippen LogP contribution in [-0.4, -0.2) is 14.9 Å². The van der Waals surface area contributed by atoms with Gasteiger partial charge in [0.05, 0.1) is 6.10 Å². The Labute approximate surface area is 146 Å². The summed E-state index contributed by atoms with van der Waals surface area (Å²) in [6.07, 6.45) is -0.210. The number of nitrogens with two attached hydrogens (primary N) is 1. The average molecular weight is 446 g/mol. The minimum atomic E-state index is -1.74. The van der Waals surface area contributed by atoms with Crippen LogP contribution in [0.2, 0.25) is 28.2 Å². The minimum absolute atomic E-state index is 0.210. The number of hydrogen-bond acceptors (Lipinski definition) is 2. The molecule has 6 heteroatoms. The Morgan fingerprint density at radius 3 is 1.95 bits per heavy atom. The molecule has 1 atom stereocenters. The standard InChI is InChI=1S/C14H22Cl2INOSi/c1-4-20(5-2,6-3)19-13(9-18)14-11(15)7-10(17)8-12(14)16/h7-8,13H,4-6,9,18H2,1-3H3/t13-/m0/s1. The zero-order valence-corrected chi connectivity index (χ0v) is 16.8. The Bertz CT molecular complexity index is 424. The Morgan fingerprint density at radius 1 is 1.15 bits per heavy atom. The van der Waals surface area contributed by atoms with Gasteiger partial charge in [0.2, 0.25) is 0 Å². The Hall–Kier alpha value is 0.667. The van der Waals surface area contributed by atoms with Crippen LogP contribution in [0.15, 0.2) is 12.1 Å². The topological polar surface area (TPSA) is 35.2 Å². The van der Waals surface area contributed by atoms with E-state index in [9.17, 15) is 0 Å². The predicted molar refractivity (Wildman–Crippen MR) is 99.3 cm³/mol. The summed E-state index contributed by atoms with van der Waals surface area (Å²) in [6, 6.07) is 7.05. The first-order valence-corrected chi connectivity index (χ1v) is 11.3. The summed E-state index contributed by atoms with van der Waals surface area (Å²) in [5, 5.41) is 1.28. The lowest BCUT2D eigenvalue weighted by atomic mass is 10.1. The Morgan fingerprint density at radius 2 is 1.60 bits per heavy atom. The SMILES string of the molecule is CC[Si](CC)(CC)O[C@@H](CN)c1c(Cl)cc(I)cc1Cl. The van der Waals surface area contributed by atoms with E-state index >= 15 is 0 Å². The van der Waals surface area contributed by atoms with E-state index in [1.807, 2.05) is 12.1 Å². The highest BCUT2D eigenvalue weighted by Crippen LogP contribution is 2.37. The largest absolute Gasteiger partial charge is 0.409 e. The molecule has 2 nitrogen and oxygen atoms in total. The van der Waals surface area contributed by atoms with Crippen LogP contribution in [0, 0.1) is 3.57 Å². The van der Waals surface area contributed by atoms with Gasteiger partial charge in [-0.3, -0.25) is 0 Å². The predicted octanol–water partition coefficient (Wildman–Crippen LogP) is 5.62. The minimum Gasteiger partial charge on any atom is -0.409 e. The van der Waals surface area contributed by atoms with E-state index in [1.165, 1.54) is 0 Å². The van der Waals surface area contributed by atoms with Crippen molar-refractivity contribution in [3.63, 3.8) is 0 Å². The molecule has 20 heavy (non-hydrogen) atoms. The highest BCUT2D eigenvalue weighted by atomic mass is 127. The van der Waals surface area contributed by atoms with Crippen LogP contribution in [0.1, 0.15) is 32.4 Å². The molecule has 2 N–H and O–H groups in total. The molecule has 0 spiro atoms. The fourth-order valence-corrected chi connectivity index (χ4v) is 6.93. The highest BCUT2D eigenvalue weighted by molar-refractivity contribution is 14.1. The molecule has 114 valence electrons. The third kappa shape index (κ3) is 4.33. The molecule has 1 aromatic rings. The lowest BCUT2D eigenvalue weighted by molar-refractivity contribution is 0.198. The van der Waals surface area contributed by atoms with Crippen molar-refractivity contribution >= 4 is 54.1 Å². The first-order valence-electron chi connectivity index (χ1n) is 6.95. The highest BCUT2D eigenvalue weighted by Gasteiger charge is 2.33. The molecule has 0 saturated heterocycles. The number of hydrogen-bond donors (Lipinski definition) is 1. The third-order valence-electron chi connectivity index (χ3n) is 3.91. The molecule has 0 radical (unpaired) electrons. The first kappa shape index (κ1) is 18.7. The van der Waals surface area contributed by atoms with E-state index in [0.717, 1.165) is 27.3 Å². The molecule has 0 aliphatic carbocycles. The fourth-order valence-electron chi connectivity index (χ4n) is 2.39. The van der Waals surface area contributed by atoms with Crippen LogP contribution in [-0.2, 0) is 4.43 Å². The van der Waals surface area contributed by atoms with Gasteiger partial charge in [-0.1, -0.05) is 44.0 Å². The molecular weight excluding hydrogens is 424 g/mol. The maximum atomic E-state index is 6.47. The molecule has 0 saturated carbocycles. The van der Waals surface area contributed by atoms with E-state index in [0.29, 0.717) is 16.6 Å². The molecule has 1 aromatic carbocycles. The zero-order valence-electron chi connectivity index (χ0n) is 12.2. The molecular formula is C14H22Cl2INOSi. The summed E-state index contributed by atoms with van der Waals surface area (Å²) in [5.41, 5.74) is 6.77. The van der Waals surface area contributed by atoms with Crippen molar-refractivity contribution in [2.75, 3.05) is 6.54 Å². The quantitative estimate of drug-likeness (QED) is 0.436. The van der Waals surface area contributed by atoms with Gasteiger partial charge >= 0.3 is 0 Å². The van der Waals surface area contributed by atoms with Crippen molar-refractivity contribution in [3.05, 3.63) is 31.3 Å². The van der Waals surface area contributed by atoms with Crippen LogP contribution in [0.3, 0.4) is 0 Å². The molecule has 0 heterocycles. The van der Waals surface area contributed by atoms with Gasteiger partial charge in [-0.25, -0.2) is 0 Å². The number of rotatable bonds is 7. The van der Waals surface area contributed by atoms with Crippen LogP contribution < -0.4 is 5.73 Å². The molecule has 0 aliphatic heterocycles. The zero-order chi connectivity index (χ0) is 15.3. The van der Waals surface area contributed by atoms with Crippen LogP contribution in [0.25, 0.3) is 0 Å². The summed E-state index contributed by atoms with van der Waals surface area (Å²) in [7, 11) is -1.74. The van der Waals surface area contributed by atoms with Crippen molar-refractivity contribution in [1.82, 2.24) is 0 Å². The molecule has 0 unspecified atom stereocenters. The second-order valence-corrected chi connectivity index (χ2v) is 11.7. The van der Waals surface area contributed by atoms with Crippen molar-refractivity contribution in [3.8, 4) is 0 Å². The van der Waals surface area contributed by atoms with E-state index in [-0.39, 0.29) is 6.10 Å². The van der Waals surface area contributed by atoms with Crippen molar-refractivity contribution in [1.29, 1.82) is 0 Å². The summed E-state index contributed by atoms with van der Waals surface area (Å²) in [5.74, 6) is 0. The van der Waals surface area contributed by atoms with Gasteiger partial charge in [0.15, 0.2) is 8.32 Å². The lowest BCUT2D eigenvalue weighted by Crippen LogP contribution is -2.39. The molecule has 0 aliphatic rings. The van der Waals surface area contributed by atoms with E-state index in [4.69, 9.17) is 33.4 Å². The monoisotopic (exact) mass is 445 g/mol. The van der Waals surface area contributed by atoms with E-state index in [2.05, 4.69) is 43.4 Å². The van der Waals surface area contributed by atoms with Crippen molar-refractivity contribution in [2.24, 2.45) is 5.73 Å². The second kappa shape index (κ2) is 8.34. The second-order valence-electron chi connectivity index (χ2n) is 4.87. The van der Waals surface area contributed by atoms with Crippen LogP contribution in [0.5, 0.6) is 0 Å². The van der Waals surface area contributed by atoms with Gasteiger partial charge in [0.25, 0.3) is 0 Å². The van der Waals surface area contributed by atoms with E-state index < -0.39 is 8.32 Å². The summed E-state index contributed by atoms with van der Waals surface area (Å²) in [6.45, 7) is 6.99. The van der Waals surface area contributed by atoms with Gasteiger partial charge in [0, 0.05) is 25.7 Å². The summed E-state index contributed by atoms with van der Waals surface area (Å²) < 4.78 is 7.48. The van der Waals surface area contributed by atoms with Crippen molar-refractivity contribution < 1.29 is 4.43 Å². The molecule has 0 aromatic heterocycles. The molecule has 0 amide bonds.